The molecule has 0 saturated heterocycles. The fourth-order valence-electron chi connectivity index (χ4n) is 2.20. The maximum absolute atomic E-state index is 12.0. The van der Waals surface area contributed by atoms with Crippen molar-refractivity contribution in [2.75, 3.05) is 17.2 Å². The molecule has 0 bridgehead atoms. The molecule has 3 aromatic rings. The van der Waals surface area contributed by atoms with Gasteiger partial charge in [-0.15, -0.1) is 0 Å². The fraction of sp³-hybridized carbons (Fsp3) is 0.0500. The number of ether oxygens (including phenoxy) is 1. The molecule has 5 heteroatoms. The molecular weight excluding hydrogens is 380 g/mol. The first-order valence-electron chi connectivity index (χ1n) is 7.79. The third-order valence-electron chi connectivity index (χ3n) is 3.41. The molecule has 0 fully saturated rings. The molecule has 0 saturated carbocycles. The number of amides is 1. The molecule has 0 unspecified atom stereocenters. The predicted octanol–water partition coefficient (Wildman–Crippen LogP) is 5.21. The van der Waals surface area contributed by atoms with Crippen LogP contribution in [0, 0.1) is 0 Å². The summed E-state index contributed by atoms with van der Waals surface area (Å²) in [6, 6.07) is 24.8. The Balaban J connectivity index is 1.50. The number of hydrogen-bond donors (Lipinski definition) is 2. The number of benzene rings is 3. The monoisotopic (exact) mass is 396 g/mol. The molecule has 2 N–H and O–H groups in total. The fourth-order valence-corrected chi connectivity index (χ4v) is 2.47. The van der Waals surface area contributed by atoms with Gasteiger partial charge in [0.1, 0.15) is 5.75 Å². The summed E-state index contributed by atoms with van der Waals surface area (Å²) < 4.78 is 6.42. The van der Waals surface area contributed by atoms with E-state index in [1.165, 1.54) is 0 Å². The highest BCUT2D eigenvalue weighted by molar-refractivity contribution is 9.10. The maximum atomic E-state index is 12.0. The summed E-state index contributed by atoms with van der Waals surface area (Å²) in [7, 11) is 0. The van der Waals surface area contributed by atoms with Gasteiger partial charge in [0.2, 0.25) is 0 Å². The zero-order valence-corrected chi connectivity index (χ0v) is 15.0. The van der Waals surface area contributed by atoms with Crippen LogP contribution in [0.15, 0.2) is 83.3 Å². The minimum atomic E-state index is -0.202. The van der Waals surface area contributed by atoms with Crippen molar-refractivity contribution in [2.45, 2.75) is 0 Å². The van der Waals surface area contributed by atoms with Crippen LogP contribution in [0.5, 0.6) is 5.75 Å². The lowest BCUT2D eigenvalue weighted by atomic mass is 10.2. The van der Waals surface area contributed by atoms with Gasteiger partial charge in [0.05, 0.1) is 0 Å². The molecule has 126 valence electrons. The van der Waals surface area contributed by atoms with Crippen molar-refractivity contribution in [3.8, 4) is 5.75 Å². The van der Waals surface area contributed by atoms with Gasteiger partial charge in [0, 0.05) is 21.5 Å². The first-order valence-corrected chi connectivity index (χ1v) is 8.59. The average molecular weight is 397 g/mol. The minimum absolute atomic E-state index is 0.0361. The van der Waals surface area contributed by atoms with Crippen LogP contribution in [-0.4, -0.2) is 12.5 Å². The standard InChI is InChI=1S/C20H17BrN2O2/c21-15-6-12-19(13-7-15)25-14-20(24)23-18-10-8-17(9-11-18)22-16-4-2-1-3-5-16/h1-13,22H,14H2,(H,23,24). The Kier molecular flexibility index (Phi) is 5.69. The molecule has 0 spiro atoms. The second-order valence-corrected chi connectivity index (χ2v) is 6.27. The van der Waals surface area contributed by atoms with E-state index in [9.17, 15) is 4.79 Å². The third-order valence-corrected chi connectivity index (χ3v) is 3.94. The molecule has 25 heavy (non-hydrogen) atoms. The van der Waals surface area contributed by atoms with E-state index in [1.807, 2.05) is 66.7 Å². The van der Waals surface area contributed by atoms with Crippen molar-refractivity contribution in [3.63, 3.8) is 0 Å². The molecule has 0 aliphatic carbocycles. The van der Waals surface area contributed by atoms with Crippen molar-refractivity contribution in [2.24, 2.45) is 0 Å². The van der Waals surface area contributed by atoms with E-state index in [0.29, 0.717) is 5.75 Å². The molecule has 3 rings (SSSR count). The van der Waals surface area contributed by atoms with Gasteiger partial charge >= 0.3 is 0 Å². The average Bonchev–Trinajstić information content (AvgIpc) is 2.64. The van der Waals surface area contributed by atoms with Crippen LogP contribution in [0.2, 0.25) is 0 Å². The Morgan fingerprint density at radius 2 is 1.40 bits per heavy atom. The smallest absolute Gasteiger partial charge is 0.262 e. The Labute approximate surface area is 155 Å². The van der Waals surface area contributed by atoms with Crippen LogP contribution in [0.1, 0.15) is 0 Å². The van der Waals surface area contributed by atoms with Gasteiger partial charge in [-0.05, 0) is 60.7 Å². The van der Waals surface area contributed by atoms with Crippen molar-refractivity contribution in [3.05, 3.63) is 83.3 Å². The highest BCUT2D eigenvalue weighted by atomic mass is 79.9. The summed E-state index contributed by atoms with van der Waals surface area (Å²) in [5.41, 5.74) is 2.69. The van der Waals surface area contributed by atoms with Gasteiger partial charge in [0.15, 0.2) is 6.61 Å². The van der Waals surface area contributed by atoms with E-state index in [2.05, 4.69) is 26.6 Å². The zero-order chi connectivity index (χ0) is 17.5. The molecule has 4 nitrogen and oxygen atoms in total. The summed E-state index contributed by atoms with van der Waals surface area (Å²) in [6.45, 7) is -0.0361. The number of para-hydroxylation sites is 1. The van der Waals surface area contributed by atoms with Crippen molar-refractivity contribution in [1.82, 2.24) is 0 Å². The third kappa shape index (κ3) is 5.36. The molecule has 3 aromatic carbocycles. The number of rotatable bonds is 6. The molecule has 0 aliphatic heterocycles. The summed E-state index contributed by atoms with van der Waals surface area (Å²) >= 11 is 3.36. The van der Waals surface area contributed by atoms with E-state index < -0.39 is 0 Å². The summed E-state index contributed by atoms with van der Waals surface area (Å²) in [5.74, 6) is 0.451. The van der Waals surface area contributed by atoms with Crippen molar-refractivity contribution >= 4 is 38.9 Å². The second-order valence-electron chi connectivity index (χ2n) is 5.36. The normalized spacial score (nSPS) is 10.1. The Bertz CT molecular complexity index is 819. The maximum Gasteiger partial charge on any atom is 0.262 e. The minimum Gasteiger partial charge on any atom is -0.484 e. The van der Waals surface area contributed by atoms with Crippen LogP contribution >= 0.6 is 15.9 Å². The number of anilines is 3. The van der Waals surface area contributed by atoms with Crippen LogP contribution < -0.4 is 15.4 Å². The van der Waals surface area contributed by atoms with Gasteiger partial charge < -0.3 is 15.4 Å². The first-order chi connectivity index (χ1) is 12.2. The molecule has 0 heterocycles. The van der Waals surface area contributed by atoms with E-state index in [1.54, 1.807) is 12.1 Å². The number of halogens is 1. The topological polar surface area (TPSA) is 50.4 Å². The van der Waals surface area contributed by atoms with Gasteiger partial charge in [-0.2, -0.15) is 0 Å². The van der Waals surface area contributed by atoms with Crippen LogP contribution in [0.4, 0.5) is 17.1 Å². The van der Waals surface area contributed by atoms with Crippen LogP contribution in [0.3, 0.4) is 0 Å². The SMILES string of the molecule is O=C(COc1ccc(Br)cc1)Nc1ccc(Nc2ccccc2)cc1. The summed E-state index contributed by atoms with van der Waals surface area (Å²) in [6.07, 6.45) is 0. The lowest BCUT2D eigenvalue weighted by Crippen LogP contribution is -2.20. The van der Waals surface area contributed by atoms with Crippen molar-refractivity contribution < 1.29 is 9.53 Å². The molecular formula is C20H17BrN2O2. The van der Waals surface area contributed by atoms with Gasteiger partial charge in [-0.3, -0.25) is 4.79 Å². The quantitative estimate of drug-likeness (QED) is 0.601. The number of carbonyl (C=O) groups is 1. The van der Waals surface area contributed by atoms with Gasteiger partial charge in [-0.25, -0.2) is 0 Å². The van der Waals surface area contributed by atoms with E-state index in [4.69, 9.17) is 4.74 Å². The van der Waals surface area contributed by atoms with Crippen LogP contribution in [0.25, 0.3) is 0 Å². The first kappa shape index (κ1) is 17.0. The van der Waals surface area contributed by atoms with Gasteiger partial charge in [-0.1, -0.05) is 34.1 Å². The van der Waals surface area contributed by atoms with E-state index in [-0.39, 0.29) is 12.5 Å². The molecule has 0 radical (unpaired) electrons. The predicted molar refractivity (Wildman–Crippen MR) is 104 cm³/mol. The molecule has 0 atom stereocenters. The Morgan fingerprint density at radius 1 is 0.800 bits per heavy atom. The lowest BCUT2D eigenvalue weighted by molar-refractivity contribution is -0.118. The number of hydrogen-bond acceptors (Lipinski definition) is 3. The zero-order valence-electron chi connectivity index (χ0n) is 13.4. The Morgan fingerprint density at radius 3 is 2.08 bits per heavy atom. The Hall–Kier alpha value is -2.79. The largest absolute Gasteiger partial charge is 0.484 e. The highest BCUT2D eigenvalue weighted by Crippen LogP contribution is 2.19. The van der Waals surface area contributed by atoms with E-state index in [0.717, 1.165) is 21.5 Å². The van der Waals surface area contributed by atoms with Crippen molar-refractivity contribution in [1.29, 1.82) is 0 Å². The number of nitrogens with one attached hydrogen (secondary N) is 2. The summed E-state index contributed by atoms with van der Waals surface area (Å²) in [4.78, 5) is 12.0. The van der Waals surface area contributed by atoms with Crippen LogP contribution in [-0.2, 0) is 4.79 Å². The second kappa shape index (κ2) is 8.35. The van der Waals surface area contributed by atoms with Gasteiger partial charge in [0.25, 0.3) is 5.91 Å². The molecule has 0 aromatic heterocycles. The van der Waals surface area contributed by atoms with E-state index >= 15 is 0 Å². The molecule has 0 aliphatic rings. The summed E-state index contributed by atoms with van der Waals surface area (Å²) in [5, 5.41) is 6.11. The molecule has 1 amide bonds. The highest BCUT2D eigenvalue weighted by Gasteiger charge is 2.04. The number of carbonyl (C=O) groups excluding carboxylic acids is 1. The lowest BCUT2D eigenvalue weighted by Gasteiger charge is -2.09.